The largest absolute Gasteiger partial charge is 0.309 e. The average Bonchev–Trinajstić information content (AvgIpc) is 2.56. The topological polar surface area (TPSA) is 20.3 Å². The first-order chi connectivity index (χ1) is 11.1. The molecule has 0 aliphatic carbocycles. The summed E-state index contributed by atoms with van der Waals surface area (Å²) in [4.78, 5) is 14.8. The van der Waals surface area contributed by atoms with Crippen LogP contribution in [0.1, 0.15) is 75.1 Å². The molecule has 2 nitrogen and oxygen atoms in total. The van der Waals surface area contributed by atoms with Crippen LogP contribution in [0.15, 0.2) is 30.3 Å². The van der Waals surface area contributed by atoms with Crippen LogP contribution in [0.2, 0.25) is 0 Å². The molecule has 138 valence electrons. The van der Waals surface area contributed by atoms with Gasteiger partial charge in [0.25, 0.3) is 0 Å². The minimum atomic E-state index is 0. The third-order valence-corrected chi connectivity index (χ3v) is 4.42. The van der Waals surface area contributed by atoms with Gasteiger partial charge in [-0.25, -0.2) is 0 Å². The second kappa shape index (κ2) is 14.5. The van der Waals surface area contributed by atoms with E-state index in [-0.39, 0.29) is 18.3 Å². The SMILES string of the molecule is CCCCCCCCCCC(CN(C)C)C(=O)c1ccccc1.Cl. The van der Waals surface area contributed by atoms with Crippen LogP contribution >= 0.6 is 12.4 Å². The fraction of sp³-hybridized carbons (Fsp3) is 0.667. The summed E-state index contributed by atoms with van der Waals surface area (Å²) in [6.07, 6.45) is 11.6. The van der Waals surface area contributed by atoms with Crippen molar-refractivity contribution < 1.29 is 4.79 Å². The highest BCUT2D eigenvalue weighted by Gasteiger charge is 2.20. The third-order valence-electron chi connectivity index (χ3n) is 4.42. The zero-order valence-corrected chi connectivity index (χ0v) is 16.6. The van der Waals surface area contributed by atoms with E-state index < -0.39 is 0 Å². The maximum Gasteiger partial charge on any atom is 0.167 e. The molecule has 0 bridgehead atoms. The van der Waals surface area contributed by atoms with Gasteiger partial charge < -0.3 is 4.90 Å². The molecule has 0 spiro atoms. The van der Waals surface area contributed by atoms with Crippen molar-refractivity contribution in [2.75, 3.05) is 20.6 Å². The molecular formula is C21H36ClNO. The number of hydrogen-bond acceptors (Lipinski definition) is 2. The standard InChI is InChI=1S/C21H35NO.ClH/c1-4-5-6-7-8-9-10-12-17-20(18-22(2)3)21(23)19-15-13-11-14-16-19;/h11,13-16,20H,4-10,12,17-18H2,1-3H3;1H. The van der Waals surface area contributed by atoms with Gasteiger partial charge in [0.2, 0.25) is 0 Å². The molecule has 1 atom stereocenters. The molecule has 0 aliphatic rings. The summed E-state index contributed by atoms with van der Waals surface area (Å²) in [5.41, 5.74) is 0.860. The van der Waals surface area contributed by atoms with Crippen LogP contribution in [0.25, 0.3) is 0 Å². The van der Waals surface area contributed by atoms with Gasteiger partial charge in [0, 0.05) is 18.0 Å². The monoisotopic (exact) mass is 353 g/mol. The molecule has 1 aromatic rings. The Bertz CT molecular complexity index is 419. The van der Waals surface area contributed by atoms with Gasteiger partial charge in [0.05, 0.1) is 0 Å². The zero-order valence-electron chi connectivity index (χ0n) is 15.8. The van der Waals surface area contributed by atoms with Crippen LogP contribution in [-0.4, -0.2) is 31.3 Å². The van der Waals surface area contributed by atoms with Gasteiger partial charge in [-0.3, -0.25) is 4.79 Å². The summed E-state index contributed by atoms with van der Waals surface area (Å²) >= 11 is 0. The molecule has 1 unspecified atom stereocenters. The summed E-state index contributed by atoms with van der Waals surface area (Å²) in [5.74, 6) is 0.440. The molecule has 1 aromatic carbocycles. The average molecular weight is 354 g/mol. The Labute approximate surface area is 155 Å². The van der Waals surface area contributed by atoms with Crippen molar-refractivity contribution >= 4 is 18.2 Å². The van der Waals surface area contributed by atoms with Gasteiger partial charge in [-0.1, -0.05) is 88.6 Å². The highest BCUT2D eigenvalue weighted by atomic mass is 35.5. The molecule has 0 aliphatic heterocycles. The molecule has 24 heavy (non-hydrogen) atoms. The molecule has 0 saturated carbocycles. The maximum atomic E-state index is 12.7. The maximum absolute atomic E-state index is 12.7. The van der Waals surface area contributed by atoms with Crippen LogP contribution in [0.5, 0.6) is 0 Å². The van der Waals surface area contributed by atoms with Crippen LogP contribution < -0.4 is 0 Å². The Kier molecular flexibility index (Phi) is 14.0. The first-order valence-corrected chi connectivity index (χ1v) is 9.39. The zero-order chi connectivity index (χ0) is 16.9. The van der Waals surface area contributed by atoms with Crippen molar-refractivity contribution in [2.24, 2.45) is 5.92 Å². The van der Waals surface area contributed by atoms with E-state index in [2.05, 4.69) is 25.9 Å². The highest BCUT2D eigenvalue weighted by molar-refractivity contribution is 5.97. The Hall–Kier alpha value is -0.860. The van der Waals surface area contributed by atoms with Crippen LogP contribution in [0.3, 0.4) is 0 Å². The van der Waals surface area contributed by atoms with Crippen LogP contribution in [0.4, 0.5) is 0 Å². The molecule has 0 radical (unpaired) electrons. The van der Waals surface area contributed by atoms with E-state index in [4.69, 9.17) is 0 Å². The van der Waals surface area contributed by atoms with Crippen molar-refractivity contribution in [3.8, 4) is 0 Å². The van der Waals surface area contributed by atoms with E-state index in [1.807, 2.05) is 30.3 Å². The summed E-state index contributed by atoms with van der Waals surface area (Å²) in [7, 11) is 4.11. The smallest absolute Gasteiger partial charge is 0.167 e. The quantitative estimate of drug-likeness (QED) is 0.320. The second-order valence-corrected chi connectivity index (χ2v) is 6.95. The lowest BCUT2D eigenvalue weighted by atomic mass is 9.91. The van der Waals surface area contributed by atoms with Crippen molar-refractivity contribution in [2.45, 2.75) is 64.7 Å². The molecule has 0 heterocycles. The summed E-state index contributed by atoms with van der Waals surface area (Å²) in [6.45, 7) is 3.11. The van der Waals surface area contributed by atoms with E-state index in [1.165, 1.54) is 51.4 Å². The molecular weight excluding hydrogens is 318 g/mol. The third kappa shape index (κ3) is 10.1. The molecule has 0 aromatic heterocycles. The molecule has 3 heteroatoms. The van der Waals surface area contributed by atoms with Crippen molar-refractivity contribution in [1.29, 1.82) is 0 Å². The molecule has 0 saturated heterocycles. The molecule has 0 amide bonds. The van der Waals surface area contributed by atoms with Crippen LogP contribution in [-0.2, 0) is 0 Å². The Balaban J connectivity index is 0.00000529. The number of ketones is 1. The van der Waals surface area contributed by atoms with E-state index in [0.717, 1.165) is 18.5 Å². The lowest BCUT2D eigenvalue weighted by molar-refractivity contribution is 0.0887. The number of nitrogens with zero attached hydrogens (tertiary/aromatic N) is 1. The first-order valence-electron chi connectivity index (χ1n) is 9.39. The van der Waals surface area contributed by atoms with E-state index in [0.29, 0.717) is 5.78 Å². The van der Waals surface area contributed by atoms with Gasteiger partial charge in [0.15, 0.2) is 5.78 Å². The van der Waals surface area contributed by atoms with Gasteiger partial charge in [0.1, 0.15) is 0 Å². The predicted molar refractivity (Wildman–Crippen MR) is 107 cm³/mol. The second-order valence-electron chi connectivity index (χ2n) is 6.95. The fourth-order valence-corrected chi connectivity index (χ4v) is 3.11. The Morgan fingerprint density at radius 3 is 2.00 bits per heavy atom. The minimum absolute atomic E-state index is 0. The number of rotatable bonds is 13. The minimum Gasteiger partial charge on any atom is -0.309 e. The fourth-order valence-electron chi connectivity index (χ4n) is 3.11. The number of carbonyl (C=O) groups is 1. The lowest BCUT2D eigenvalue weighted by Crippen LogP contribution is -2.28. The number of benzene rings is 1. The van der Waals surface area contributed by atoms with Crippen molar-refractivity contribution in [1.82, 2.24) is 4.90 Å². The van der Waals surface area contributed by atoms with Gasteiger partial charge in [-0.15, -0.1) is 12.4 Å². The summed E-state index contributed by atoms with van der Waals surface area (Å²) < 4.78 is 0. The highest BCUT2D eigenvalue weighted by Crippen LogP contribution is 2.18. The number of halogens is 1. The lowest BCUT2D eigenvalue weighted by Gasteiger charge is -2.20. The first kappa shape index (κ1) is 23.1. The number of Topliss-reactive ketones (excluding diaryl/α,β-unsaturated/α-hetero) is 1. The number of carbonyl (C=O) groups excluding carboxylic acids is 1. The van der Waals surface area contributed by atoms with Crippen LogP contribution in [0, 0.1) is 5.92 Å². The molecule has 0 fully saturated rings. The van der Waals surface area contributed by atoms with Gasteiger partial charge in [-0.05, 0) is 20.5 Å². The van der Waals surface area contributed by atoms with Gasteiger partial charge in [-0.2, -0.15) is 0 Å². The van der Waals surface area contributed by atoms with E-state index in [1.54, 1.807) is 0 Å². The molecule has 0 N–H and O–H groups in total. The Morgan fingerprint density at radius 1 is 0.917 bits per heavy atom. The van der Waals surface area contributed by atoms with Crippen molar-refractivity contribution in [3.05, 3.63) is 35.9 Å². The normalized spacial score (nSPS) is 12.0. The van der Waals surface area contributed by atoms with E-state index in [9.17, 15) is 4.79 Å². The number of hydrogen-bond donors (Lipinski definition) is 0. The number of unbranched alkanes of at least 4 members (excludes halogenated alkanes) is 7. The van der Waals surface area contributed by atoms with E-state index >= 15 is 0 Å². The Morgan fingerprint density at radius 2 is 1.46 bits per heavy atom. The summed E-state index contributed by atoms with van der Waals surface area (Å²) in [5, 5.41) is 0. The summed E-state index contributed by atoms with van der Waals surface area (Å²) in [6, 6.07) is 9.76. The van der Waals surface area contributed by atoms with Gasteiger partial charge >= 0.3 is 0 Å². The predicted octanol–water partition coefficient (Wildman–Crippen LogP) is 6.00. The van der Waals surface area contributed by atoms with Crippen molar-refractivity contribution in [3.63, 3.8) is 0 Å². The molecule has 1 rings (SSSR count).